The molecule has 3 nitrogen and oxygen atoms in total. The second kappa shape index (κ2) is 7.39. The van der Waals surface area contributed by atoms with Crippen molar-refractivity contribution >= 4 is 0 Å². The second-order valence-corrected chi connectivity index (χ2v) is 6.59. The predicted octanol–water partition coefficient (Wildman–Crippen LogP) is 3.08. The monoisotopic (exact) mass is 291 g/mol. The average Bonchev–Trinajstić information content (AvgIpc) is 3.30. The normalized spacial score (nSPS) is 19.5. The van der Waals surface area contributed by atoms with Gasteiger partial charge < -0.3 is 15.2 Å². The van der Waals surface area contributed by atoms with Crippen molar-refractivity contribution < 1.29 is 9.84 Å². The molecule has 3 heteroatoms. The van der Waals surface area contributed by atoms with E-state index in [2.05, 4.69) is 38.2 Å². The lowest BCUT2D eigenvalue weighted by atomic mass is 9.87. The zero-order valence-corrected chi connectivity index (χ0v) is 13.5. The zero-order valence-electron chi connectivity index (χ0n) is 13.5. The number of hydrogen-bond donors (Lipinski definition) is 2. The van der Waals surface area contributed by atoms with Gasteiger partial charge in [0.25, 0.3) is 0 Å². The Labute approximate surface area is 128 Å². The Bertz CT molecular complexity index is 416. The van der Waals surface area contributed by atoms with E-state index in [9.17, 15) is 5.11 Å². The Morgan fingerprint density at radius 1 is 1.24 bits per heavy atom. The lowest BCUT2D eigenvalue weighted by molar-refractivity contribution is 0.0129. The quantitative estimate of drug-likeness (QED) is 0.734. The van der Waals surface area contributed by atoms with Crippen molar-refractivity contribution in [1.82, 2.24) is 5.32 Å². The molecule has 0 heterocycles. The number of benzene rings is 1. The molecule has 0 aliphatic heterocycles. The highest BCUT2D eigenvalue weighted by Crippen LogP contribution is 2.31. The summed E-state index contributed by atoms with van der Waals surface area (Å²) in [5, 5.41) is 13.7. The molecule has 1 saturated carbocycles. The summed E-state index contributed by atoms with van der Waals surface area (Å²) in [6.07, 6.45) is 3.45. The molecule has 118 valence electrons. The molecule has 2 N–H and O–H groups in total. The van der Waals surface area contributed by atoms with E-state index in [1.807, 2.05) is 18.2 Å². The zero-order chi connectivity index (χ0) is 15.3. The van der Waals surface area contributed by atoms with Crippen LogP contribution >= 0.6 is 0 Å². The van der Waals surface area contributed by atoms with Crippen molar-refractivity contribution in [2.45, 2.75) is 57.7 Å². The molecule has 2 unspecified atom stereocenters. The Morgan fingerprint density at radius 2 is 1.90 bits per heavy atom. The molecule has 2 atom stereocenters. The SMILES string of the molecule is CC(C)C(C)OCCC(CO)(NC1CC1)c1ccccc1. The van der Waals surface area contributed by atoms with Gasteiger partial charge in [0.15, 0.2) is 0 Å². The summed E-state index contributed by atoms with van der Waals surface area (Å²) in [5.41, 5.74) is 0.777. The van der Waals surface area contributed by atoms with E-state index in [4.69, 9.17) is 4.74 Å². The first kappa shape index (κ1) is 16.5. The van der Waals surface area contributed by atoms with Crippen molar-refractivity contribution in [2.24, 2.45) is 5.92 Å². The summed E-state index contributed by atoms with van der Waals surface area (Å²) >= 11 is 0. The van der Waals surface area contributed by atoms with Gasteiger partial charge in [0, 0.05) is 12.6 Å². The minimum Gasteiger partial charge on any atom is -0.394 e. The maximum atomic E-state index is 10.1. The molecule has 1 aromatic carbocycles. The van der Waals surface area contributed by atoms with Gasteiger partial charge in [0.1, 0.15) is 0 Å². The standard InChI is InChI=1S/C18H29NO2/c1-14(2)15(3)21-12-11-18(13-20,19-17-9-10-17)16-7-5-4-6-8-16/h4-8,14-15,17,19-20H,9-13H2,1-3H3. The number of ether oxygens (including phenoxy) is 1. The average molecular weight is 291 g/mol. The van der Waals surface area contributed by atoms with Crippen molar-refractivity contribution in [1.29, 1.82) is 0 Å². The van der Waals surface area contributed by atoms with Crippen LogP contribution in [0.1, 0.15) is 45.6 Å². The molecule has 0 saturated heterocycles. The van der Waals surface area contributed by atoms with E-state index in [0.717, 1.165) is 12.0 Å². The molecular weight excluding hydrogens is 262 g/mol. The maximum absolute atomic E-state index is 10.1. The third-order valence-electron chi connectivity index (χ3n) is 4.50. The Morgan fingerprint density at radius 3 is 2.43 bits per heavy atom. The summed E-state index contributed by atoms with van der Waals surface area (Å²) in [4.78, 5) is 0. The highest BCUT2D eigenvalue weighted by atomic mass is 16.5. The third-order valence-corrected chi connectivity index (χ3v) is 4.50. The van der Waals surface area contributed by atoms with Crippen LogP contribution in [0.2, 0.25) is 0 Å². The fraction of sp³-hybridized carbons (Fsp3) is 0.667. The van der Waals surface area contributed by atoms with Gasteiger partial charge in [-0.25, -0.2) is 0 Å². The van der Waals surface area contributed by atoms with E-state index in [0.29, 0.717) is 18.6 Å². The van der Waals surface area contributed by atoms with Crippen LogP contribution in [0, 0.1) is 5.92 Å². The van der Waals surface area contributed by atoms with Gasteiger partial charge in [-0.3, -0.25) is 0 Å². The number of nitrogens with one attached hydrogen (secondary N) is 1. The Kier molecular flexibility index (Phi) is 5.80. The van der Waals surface area contributed by atoms with Gasteiger partial charge in [0.05, 0.1) is 18.2 Å². The van der Waals surface area contributed by atoms with Crippen LogP contribution in [0.15, 0.2) is 30.3 Å². The third kappa shape index (κ3) is 4.53. The summed E-state index contributed by atoms with van der Waals surface area (Å²) in [7, 11) is 0. The molecule has 0 amide bonds. The van der Waals surface area contributed by atoms with Crippen LogP contribution in [0.3, 0.4) is 0 Å². The molecule has 0 bridgehead atoms. The van der Waals surface area contributed by atoms with Crippen molar-refractivity contribution in [2.75, 3.05) is 13.2 Å². The van der Waals surface area contributed by atoms with Crippen molar-refractivity contribution in [3.63, 3.8) is 0 Å². The minimum atomic E-state index is -0.376. The summed E-state index contributed by atoms with van der Waals surface area (Å²) in [6, 6.07) is 10.8. The molecule has 1 aliphatic rings. The number of hydrogen-bond acceptors (Lipinski definition) is 3. The van der Waals surface area contributed by atoms with E-state index in [1.165, 1.54) is 12.8 Å². The maximum Gasteiger partial charge on any atom is 0.0693 e. The molecule has 1 aliphatic carbocycles. The fourth-order valence-corrected chi connectivity index (χ4v) is 2.50. The van der Waals surface area contributed by atoms with E-state index in [1.54, 1.807) is 0 Å². The van der Waals surface area contributed by atoms with Crippen LogP contribution in [-0.2, 0) is 10.3 Å². The van der Waals surface area contributed by atoms with E-state index < -0.39 is 0 Å². The van der Waals surface area contributed by atoms with Gasteiger partial charge in [-0.05, 0) is 37.7 Å². The lowest BCUT2D eigenvalue weighted by Crippen LogP contribution is -2.48. The molecule has 0 spiro atoms. The molecular formula is C18H29NO2. The van der Waals surface area contributed by atoms with Gasteiger partial charge in [-0.2, -0.15) is 0 Å². The molecule has 0 aromatic heterocycles. The van der Waals surface area contributed by atoms with Gasteiger partial charge in [0.2, 0.25) is 0 Å². The minimum absolute atomic E-state index is 0.104. The van der Waals surface area contributed by atoms with E-state index in [-0.39, 0.29) is 18.2 Å². The summed E-state index contributed by atoms with van der Waals surface area (Å²) < 4.78 is 5.93. The smallest absolute Gasteiger partial charge is 0.0693 e. The molecule has 0 radical (unpaired) electrons. The largest absolute Gasteiger partial charge is 0.394 e. The van der Waals surface area contributed by atoms with Crippen LogP contribution < -0.4 is 5.32 Å². The molecule has 1 fully saturated rings. The number of aliphatic hydroxyl groups excluding tert-OH is 1. The van der Waals surface area contributed by atoms with Crippen LogP contribution in [0.4, 0.5) is 0 Å². The van der Waals surface area contributed by atoms with Crippen molar-refractivity contribution in [3.8, 4) is 0 Å². The highest BCUT2D eigenvalue weighted by molar-refractivity contribution is 5.25. The number of aliphatic hydroxyl groups is 1. The van der Waals surface area contributed by atoms with Crippen LogP contribution in [0.5, 0.6) is 0 Å². The topological polar surface area (TPSA) is 41.5 Å². The van der Waals surface area contributed by atoms with Gasteiger partial charge in [-0.15, -0.1) is 0 Å². The first-order chi connectivity index (χ1) is 10.1. The fourth-order valence-electron chi connectivity index (χ4n) is 2.50. The molecule has 1 aromatic rings. The summed E-state index contributed by atoms with van der Waals surface area (Å²) in [5.74, 6) is 0.515. The first-order valence-electron chi connectivity index (χ1n) is 8.13. The van der Waals surface area contributed by atoms with Crippen LogP contribution in [0.25, 0.3) is 0 Å². The van der Waals surface area contributed by atoms with Gasteiger partial charge >= 0.3 is 0 Å². The summed E-state index contributed by atoms with van der Waals surface area (Å²) in [6.45, 7) is 7.22. The Balaban J connectivity index is 2.04. The predicted molar refractivity (Wildman–Crippen MR) is 86.2 cm³/mol. The second-order valence-electron chi connectivity index (χ2n) is 6.59. The van der Waals surface area contributed by atoms with Crippen LogP contribution in [-0.4, -0.2) is 30.5 Å². The van der Waals surface area contributed by atoms with E-state index >= 15 is 0 Å². The molecule has 2 rings (SSSR count). The number of rotatable bonds is 9. The lowest BCUT2D eigenvalue weighted by Gasteiger charge is -2.34. The van der Waals surface area contributed by atoms with Gasteiger partial charge in [-0.1, -0.05) is 44.2 Å². The molecule has 21 heavy (non-hydrogen) atoms. The first-order valence-corrected chi connectivity index (χ1v) is 8.13. The Hall–Kier alpha value is -0.900. The van der Waals surface area contributed by atoms with Crippen molar-refractivity contribution in [3.05, 3.63) is 35.9 Å². The highest BCUT2D eigenvalue weighted by Gasteiger charge is 2.37.